The van der Waals surface area contributed by atoms with E-state index in [2.05, 4.69) is 39.9 Å². The van der Waals surface area contributed by atoms with Crippen molar-refractivity contribution in [2.75, 3.05) is 33.5 Å². The first-order valence-corrected chi connectivity index (χ1v) is 5.58. The van der Waals surface area contributed by atoms with Gasteiger partial charge >= 0.3 is 0 Å². The zero-order chi connectivity index (χ0) is 11.9. The van der Waals surface area contributed by atoms with Gasteiger partial charge in [0.1, 0.15) is 0 Å². The maximum Gasteiger partial charge on any atom is 0.0700 e. The molecule has 3 heteroatoms. The molecule has 15 heavy (non-hydrogen) atoms. The summed E-state index contributed by atoms with van der Waals surface area (Å²) in [4.78, 5) is 0. The van der Waals surface area contributed by atoms with Gasteiger partial charge in [0.15, 0.2) is 0 Å². The number of hydrogen-bond acceptors (Lipinski definition) is 3. The molecule has 0 atom stereocenters. The average molecular weight is 217 g/mol. The number of rotatable bonds is 7. The van der Waals surface area contributed by atoms with Crippen molar-refractivity contribution >= 4 is 0 Å². The summed E-state index contributed by atoms with van der Waals surface area (Å²) in [5, 5.41) is 3.49. The topological polar surface area (TPSA) is 30.5 Å². The minimum atomic E-state index is 0.168. The van der Waals surface area contributed by atoms with E-state index in [1.165, 1.54) is 0 Å². The van der Waals surface area contributed by atoms with Gasteiger partial charge in [0, 0.05) is 24.6 Å². The summed E-state index contributed by atoms with van der Waals surface area (Å²) in [5.41, 5.74) is 0.338. The van der Waals surface area contributed by atoms with E-state index in [-0.39, 0.29) is 11.0 Å². The van der Waals surface area contributed by atoms with Crippen molar-refractivity contribution in [1.82, 2.24) is 5.32 Å². The molecule has 0 aromatic heterocycles. The van der Waals surface area contributed by atoms with Crippen LogP contribution in [0.3, 0.4) is 0 Å². The van der Waals surface area contributed by atoms with E-state index < -0.39 is 0 Å². The van der Waals surface area contributed by atoms with Crippen LogP contribution in [-0.4, -0.2) is 39.0 Å². The van der Waals surface area contributed by atoms with Gasteiger partial charge in [-0.15, -0.1) is 0 Å². The standard InChI is InChI=1S/C12H27NO2/c1-11(2,3)13-9-12(4,5)10-15-8-7-14-6/h13H,7-10H2,1-6H3. The van der Waals surface area contributed by atoms with E-state index in [0.29, 0.717) is 13.2 Å². The lowest BCUT2D eigenvalue weighted by atomic mass is 9.93. The van der Waals surface area contributed by atoms with Crippen molar-refractivity contribution in [2.45, 2.75) is 40.2 Å². The molecule has 0 saturated heterocycles. The van der Waals surface area contributed by atoms with Crippen LogP contribution in [0.25, 0.3) is 0 Å². The smallest absolute Gasteiger partial charge is 0.0700 e. The van der Waals surface area contributed by atoms with E-state index in [0.717, 1.165) is 13.2 Å². The normalized spacial score (nSPS) is 13.2. The van der Waals surface area contributed by atoms with Gasteiger partial charge in [0.25, 0.3) is 0 Å². The summed E-state index contributed by atoms with van der Waals surface area (Å²) in [7, 11) is 1.69. The van der Waals surface area contributed by atoms with Gasteiger partial charge in [-0.2, -0.15) is 0 Å². The fraction of sp³-hybridized carbons (Fsp3) is 1.00. The third-order valence-electron chi connectivity index (χ3n) is 2.02. The largest absolute Gasteiger partial charge is 0.382 e. The van der Waals surface area contributed by atoms with Crippen LogP contribution < -0.4 is 5.32 Å². The Labute approximate surface area is 94.5 Å². The minimum absolute atomic E-state index is 0.168. The quantitative estimate of drug-likeness (QED) is 0.662. The molecule has 0 aromatic rings. The molecular weight excluding hydrogens is 190 g/mol. The molecule has 1 N–H and O–H groups in total. The lowest BCUT2D eigenvalue weighted by Gasteiger charge is -2.30. The van der Waals surface area contributed by atoms with E-state index in [4.69, 9.17) is 9.47 Å². The number of ether oxygens (including phenoxy) is 2. The predicted octanol–water partition coefficient (Wildman–Crippen LogP) is 2.06. The molecule has 0 saturated carbocycles. The zero-order valence-corrected chi connectivity index (χ0v) is 11.1. The summed E-state index contributed by atoms with van der Waals surface area (Å²) in [6.07, 6.45) is 0. The van der Waals surface area contributed by atoms with Crippen LogP contribution in [0, 0.1) is 5.41 Å². The molecule has 0 aliphatic rings. The highest BCUT2D eigenvalue weighted by Crippen LogP contribution is 2.15. The van der Waals surface area contributed by atoms with Crippen LogP contribution in [0.4, 0.5) is 0 Å². The van der Waals surface area contributed by atoms with Gasteiger partial charge in [0.2, 0.25) is 0 Å². The van der Waals surface area contributed by atoms with Gasteiger partial charge < -0.3 is 14.8 Å². The molecule has 3 nitrogen and oxygen atoms in total. The van der Waals surface area contributed by atoms with Crippen molar-refractivity contribution in [1.29, 1.82) is 0 Å². The molecule has 0 fully saturated rings. The van der Waals surface area contributed by atoms with E-state index in [9.17, 15) is 0 Å². The van der Waals surface area contributed by atoms with Gasteiger partial charge in [-0.25, -0.2) is 0 Å². The third kappa shape index (κ3) is 10.2. The predicted molar refractivity (Wildman–Crippen MR) is 64.2 cm³/mol. The van der Waals surface area contributed by atoms with Gasteiger partial charge in [-0.3, -0.25) is 0 Å². The Balaban J connectivity index is 3.67. The first-order valence-electron chi connectivity index (χ1n) is 5.58. The van der Waals surface area contributed by atoms with Gasteiger partial charge in [-0.05, 0) is 20.8 Å². The Kier molecular flexibility index (Phi) is 6.41. The number of methoxy groups -OCH3 is 1. The molecule has 92 valence electrons. The third-order valence-corrected chi connectivity index (χ3v) is 2.02. The van der Waals surface area contributed by atoms with E-state index in [1.54, 1.807) is 7.11 Å². The van der Waals surface area contributed by atoms with E-state index >= 15 is 0 Å². The van der Waals surface area contributed by atoms with Crippen molar-refractivity contribution in [3.05, 3.63) is 0 Å². The highest BCUT2D eigenvalue weighted by molar-refractivity contribution is 4.77. The second-order valence-corrected chi connectivity index (χ2v) is 5.81. The maximum atomic E-state index is 5.54. The molecule has 0 aliphatic carbocycles. The average Bonchev–Trinajstić information content (AvgIpc) is 2.09. The highest BCUT2D eigenvalue weighted by atomic mass is 16.5. The summed E-state index contributed by atoms with van der Waals surface area (Å²) >= 11 is 0. The first-order chi connectivity index (χ1) is 6.77. The van der Waals surface area contributed by atoms with Gasteiger partial charge in [-0.1, -0.05) is 13.8 Å². The summed E-state index contributed by atoms with van der Waals surface area (Å²) in [6.45, 7) is 14.0. The van der Waals surface area contributed by atoms with Crippen LogP contribution in [0.2, 0.25) is 0 Å². The van der Waals surface area contributed by atoms with Gasteiger partial charge in [0.05, 0.1) is 19.8 Å². The number of nitrogens with one attached hydrogen (secondary N) is 1. The zero-order valence-electron chi connectivity index (χ0n) is 11.1. The Hall–Kier alpha value is -0.120. The molecule has 0 heterocycles. The summed E-state index contributed by atoms with van der Waals surface area (Å²) < 4.78 is 10.5. The highest BCUT2D eigenvalue weighted by Gasteiger charge is 2.20. The maximum absolute atomic E-state index is 5.54. The molecule has 0 bridgehead atoms. The molecule has 0 amide bonds. The monoisotopic (exact) mass is 217 g/mol. The van der Waals surface area contributed by atoms with Crippen LogP contribution in [0.1, 0.15) is 34.6 Å². The molecule has 0 spiro atoms. The fourth-order valence-corrected chi connectivity index (χ4v) is 1.05. The molecule has 0 aliphatic heterocycles. The lowest BCUT2D eigenvalue weighted by Crippen LogP contribution is -2.43. The Morgan fingerprint density at radius 1 is 1.00 bits per heavy atom. The van der Waals surface area contributed by atoms with Crippen LogP contribution in [0.5, 0.6) is 0 Å². The Morgan fingerprint density at radius 3 is 2.07 bits per heavy atom. The molecular formula is C12H27NO2. The van der Waals surface area contributed by atoms with Crippen LogP contribution in [0.15, 0.2) is 0 Å². The van der Waals surface area contributed by atoms with Crippen LogP contribution >= 0.6 is 0 Å². The number of hydrogen-bond donors (Lipinski definition) is 1. The Morgan fingerprint density at radius 2 is 1.60 bits per heavy atom. The van der Waals surface area contributed by atoms with Crippen molar-refractivity contribution in [3.8, 4) is 0 Å². The molecule has 0 unspecified atom stereocenters. The van der Waals surface area contributed by atoms with E-state index in [1.807, 2.05) is 0 Å². The van der Waals surface area contributed by atoms with Crippen molar-refractivity contribution in [3.63, 3.8) is 0 Å². The summed E-state index contributed by atoms with van der Waals surface area (Å²) in [5.74, 6) is 0. The second-order valence-electron chi connectivity index (χ2n) is 5.81. The minimum Gasteiger partial charge on any atom is -0.382 e. The van der Waals surface area contributed by atoms with Crippen LogP contribution in [-0.2, 0) is 9.47 Å². The second kappa shape index (κ2) is 6.46. The first kappa shape index (κ1) is 14.9. The summed E-state index contributed by atoms with van der Waals surface area (Å²) in [6, 6.07) is 0. The lowest BCUT2D eigenvalue weighted by molar-refractivity contribution is 0.0261. The molecule has 0 radical (unpaired) electrons. The van der Waals surface area contributed by atoms with Crippen molar-refractivity contribution < 1.29 is 9.47 Å². The Bertz CT molecular complexity index is 161. The SMILES string of the molecule is COCCOCC(C)(C)CNC(C)(C)C. The van der Waals surface area contributed by atoms with Crippen molar-refractivity contribution in [2.24, 2.45) is 5.41 Å². The molecule has 0 rings (SSSR count). The molecule has 0 aromatic carbocycles. The fourth-order valence-electron chi connectivity index (χ4n) is 1.05.